The van der Waals surface area contributed by atoms with E-state index in [4.69, 9.17) is 16.3 Å². The summed E-state index contributed by atoms with van der Waals surface area (Å²) in [5.74, 6) is -0.499. The lowest BCUT2D eigenvalue weighted by Gasteiger charge is -2.16. The van der Waals surface area contributed by atoms with Crippen molar-refractivity contribution in [3.63, 3.8) is 0 Å². The zero-order chi connectivity index (χ0) is 17.2. The number of anilines is 1. The van der Waals surface area contributed by atoms with Crippen LogP contribution < -0.4 is 5.32 Å². The van der Waals surface area contributed by atoms with Gasteiger partial charge in [0.25, 0.3) is 0 Å². The topological polar surface area (TPSA) is 55.4 Å². The highest BCUT2D eigenvalue weighted by atomic mass is 35.5. The Morgan fingerprint density at radius 2 is 1.96 bits per heavy atom. The predicted molar refractivity (Wildman–Crippen MR) is 94.0 cm³/mol. The molecule has 5 heteroatoms. The Morgan fingerprint density at radius 3 is 2.57 bits per heavy atom. The van der Waals surface area contributed by atoms with E-state index < -0.39 is 5.97 Å². The highest BCUT2D eigenvalue weighted by Gasteiger charge is 2.18. The van der Waals surface area contributed by atoms with Crippen molar-refractivity contribution in [2.45, 2.75) is 52.9 Å². The third kappa shape index (κ3) is 6.22. The molecule has 0 fully saturated rings. The number of rotatable bonds is 9. The first-order chi connectivity index (χ1) is 11.0. The molecule has 0 aliphatic rings. The first-order valence-electron chi connectivity index (χ1n) is 8.30. The number of hydrogen-bond acceptors (Lipinski definition) is 3. The molecule has 0 aliphatic carbocycles. The van der Waals surface area contributed by atoms with Crippen molar-refractivity contribution < 1.29 is 14.3 Å². The number of halogens is 1. The molecule has 0 aromatic heterocycles. The molecule has 0 saturated carbocycles. The third-order valence-electron chi connectivity index (χ3n) is 3.67. The smallest absolute Gasteiger partial charge is 0.338 e. The molecule has 23 heavy (non-hydrogen) atoms. The molecule has 1 N–H and O–H groups in total. The molecule has 4 nitrogen and oxygen atoms in total. The van der Waals surface area contributed by atoms with Gasteiger partial charge in [-0.1, -0.05) is 45.2 Å². The molecule has 1 aromatic rings. The van der Waals surface area contributed by atoms with E-state index in [0.717, 1.165) is 32.1 Å². The standard InChI is InChI=1S/C18H26ClNO3/c1-4-7-8-13(6-3)17(21)20-16-12-14(9-10-15(16)19)18(22)23-11-5-2/h9-10,12-13H,4-8,11H2,1-3H3,(H,20,21)/t13-/m1/s1. The van der Waals surface area contributed by atoms with E-state index in [2.05, 4.69) is 12.2 Å². The molecule has 0 saturated heterocycles. The summed E-state index contributed by atoms with van der Waals surface area (Å²) in [5, 5.41) is 3.26. The number of amides is 1. The van der Waals surface area contributed by atoms with Crippen molar-refractivity contribution in [3.05, 3.63) is 28.8 Å². The average molecular weight is 340 g/mol. The number of unbranched alkanes of at least 4 members (excludes halogenated alkanes) is 1. The first kappa shape index (κ1) is 19.5. The zero-order valence-electron chi connectivity index (χ0n) is 14.2. The van der Waals surface area contributed by atoms with Gasteiger partial charge < -0.3 is 10.1 Å². The lowest BCUT2D eigenvalue weighted by atomic mass is 9.98. The van der Waals surface area contributed by atoms with Gasteiger partial charge in [0.2, 0.25) is 5.91 Å². The molecule has 0 bridgehead atoms. The predicted octanol–water partition coefficient (Wildman–Crippen LogP) is 5.06. The summed E-state index contributed by atoms with van der Waals surface area (Å²) in [6.07, 6.45) is 4.47. The summed E-state index contributed by atoms with van der Waals surface area (Å²) >= 11 is 6.13. The van der Waals surface area contributed by atoms with Gasteiger partial charge in [-0.25, -0.2) is 4.79 Å². The van der Waals surface area contributed by atoms with Gasteiger partial charge in [0.1, 0.15) is 0 Å². The second-order valence-corrected chi connectivity index (χ2v) is 5.97. The number of esters is 1. The maximum atomic E-state index is 12.4. The van der Waals surface area contributed by atoms with Crippen molar-refractivity contribution in [1.82, 2.24) is 0 Å². The summed E-state index contributed by atoms with van der Waals surface area (Å²) in [5.41, 5.74) is 0.845. The molecule has 1 atom stereocenters. The average Bonchev–Trinajstić information content (AvgIpc) is 2.55. The van der Waals surface area contributed by atoms with Crippen LogP contribution in [-0.4, -0.2) is 18.5 Å². The fourth-order valence-electron chi connectivity index (χ4n) is 2.23. The van der Waals surface area contributed by atoms with Crippen LogP contribution in [-0.2, 0) is 9.53 Å². The van der Waals surface area contributed by atoms with Crippen LogP contribution in [0.25, 0.3) is 0 Å². The van der Waals surface area contributed by atoms with E-state index in [1.165, 1.54) is 0 Å². The minimum Gasteiger partial charge on any atom is -0.462 e. The molecule has 0 radical (unpaired) electrons. The number of carbonyl (C=O) groups is 2. The highest BCUT2D eigenvalue weighted by Crippen LogP contribution is 2.25. The van der Waals surface area contributed by atoms with Crippen LogP contribution in [0.5, 0.6) is 0 Å². The molecule has 1 rings (SSSR count). The lowest BCUT2D eigenvalue weighted by Crippen LogP contribution is -2.22. The summed E-state index contributed by atoms with van der Waals surface area (Å²) in [6.45, 7) is 6.41. The van der Waals surface area contributed by atoms with Gasteiger partial charge in [-0.05, 0) is 37.5 Å². The van der Waals surface area contributed by atoms with Gasteiger partial charge in [0, 0.05) is 5.92 Å². The van der Waals surface area contributed by atoms with E-state index in [-0.39, 0.29) is 11.8 Å². The molecule has 0 unspecified atom stereocenters. The van der Waals surface area contributed by atoms with E-state index in [1.807, 2.05) is 13.8 Å². The van der Waals surface area contributed by atoms with Gasteiger partial charge in [-0.3, -0.25) is 4.79 Å². The third-order valence-corrected chi connectivity index (χ3v) is 4.00. The fourth-order valence-corrected chi connectivity index (χ4v) is 2.40. The summed E-state index contributed by atoms with van der Waals surface area (Å²) in [4.78, 5) is 24.3. The monoisotopic (exact) mass is 339 g/mol. The Bertz CT molecular complexity index is 531. The van der Waals surface area contributed by atoms with Gasteiger partial charge in [-0.2, -0.15) is 0 Å². The van der Waals surface area contributed by atoms with Gasteiger partial charge in [0.15, 0.2) is 0 Å². The van der Waals surface area contributed by atoms with Gasteiger partial charge in [0.05, 0.1) is 22.9 Å². The van der Waals surface area contributed by atoms with Crippen LogP contribution in [0, 0.1) is 5.92 Å². The zero-order valence-corrected chi connectivity index (χ0v) is 14.9. The molecule has 0 heterocycles. The number of nitrogens with one attached hydrogen (secondary N) is 1. The van der Waals surface area contributed by atoms with Gasteiger partial charge in [-0.15, -0.1) is 0 Å². The fraction of sp³-hybridized carbons (Fsp3) is 0.556. The SMILES string of the molecule is CCCC[C@@H](CC)C(=O)Nc1cc(C(=O)OCCC)ccc1Cl. The summed E-state index contributed by atoms with van der Waals surface area (Å²) in [7, 11) is 0. The Kier molecular flexibility index (Phi) is 8.70. The van der Waals surface area contributed by atoms with Crippen LogP contribution in [0.3, 0.4) is 0 Å². The highest BCUT2D eigenvalue weighted by molar-refractivity contribution is 6.33. The Hall–Kier alpha value is -1.55. The molecular formula is C18H26ClNO3. The van der Waals surface area contributed by atoms with Crippen molar-refractivity contribution >= 4 is 29.2 Å². The number of hydrogen-bond donors (Lipinski definition) is 1. The molecule has 1 amide bonds. The van der Waals surface area contributed by atoms with Crippen LogP contribution in [0.2, 0.25) is 5.02 Å². The Labute approximate surface area is 143 Å². The van der Waals surface area contributed by atoms with Gasteiger partial charge >= 0.3 is 5.97 Å². The number of carbonyl (C=O) groups excluding carboxylic acids is 2. The van der Waals surface area contributed by atoms with E-state index in [9.17, 15) is 9.59 Å². The summed E-state index contributed by atoms with van der Waals surface area (Å²) < 4.78 is 5.10. The second kappa shape index (κ2) is 10.3. The van der Waals surface area contributed by atoms with Crippen LogP contribution >= 0.6 is 11.6 Å². The number of ether oxygens (including phenoxy) is 1. The van der Waals surface area contributed by atoms with Crippen molar-refractivity contribution in [2.24, 2.45) is 5.92 Å². The van der Waals surface area contributed by atoms with E-state index >= 15 is 0 Å². The lowest BCUT2D eigenvalue weighted by molar-refractivity contribution is -0.120. The Balaban J connectivity index is 2.82. The van der Waals surface area contributed by atoms with Crippen molar-refractivity contribution in [1.29, 1.82) is 0 Å². The van der Waals surface area contributed by atoms with Crippen LogP contribution in [0.1, 0.15) is 63.2 Å². The molecule has 128 valence electrons. The minimum atomic E-state index is -0.406. The normalized spacial score (nSPS) is 11.8. The Morgan fingerprint density at radius 1 is 1.22 bits per heavy atom. The van der Waals surface area contributed by atoms with E-state index in [1.54, 1.807) is 18.2 Å². The molecular weight excluding hydrogens is 314 g/mol. The summed E-state index contributed by atoms with van der Waals surface area (Å²) in [6, 6.07) is 4.78. The molecule has 0 aliphatic heterocycles. The first-order valence-corrected chi connectivity index (χ1v) is 8.68. The number of benzene rings is 1. The minimum absolute atomic E-state index is 0.0401. The van der Waals surface area contributed by atoms with Crippen LogP contribution in [0.15, 0.2) is 18.2 Å². The van der Waals surface area contributed by atoms with Crippen molar-refractivity contribution in [3.8, 4) is 0 Å². The second-order valence-electron chi connectivity index (χ2n) is 5.57. The van der Waals surface area contributed by atoms with Crippen molar-refractivity contribution in [2.75, 3.05) is 11.9 Å². The quantitative estimate of drug-likeness (QED) is 0.639. The van der Waals surface area contributed by atoms with E-state index in [0.29, 0.717) is 22.9 Å². The largest absolute Gasteiger partial charge is 0.462 e. The van der Waals surface area contributed by atoms with Crippen LogP contribution in [0.4, 0.5) is 5.69 Å². The molecule has 0 spiro atoms. The maximum absolute atomic E-state index is 12.4. The molecule has 1 aromatic carbocycles. The maximum Gasteiger partial charge on any atom is 0.338 e.